The molecule has 0 aromatic heterocycles. The smallest absolute Gasteiger partial charge is 0.00313 e. The van der Waals surface area contributed by atoms with E-state index in [9.17, 15) is 0 Å². The molecule has 0 unspecified atom stereocenters. The predicted molar refractivity (Wildman–Crippen MR) is 92.0 cm³/mol. The third-order valence-corrected chi connectivity index (χ3v) is 3.67. The summed E-state index contributed by atoms with van der Waals surface area (Å²) in [5, 5.41) is 1.16. The molecule has 0 heterocycles. The van der Waals surface area contributed by atoms with Crippen LogP contribution in [0, 0.1) is 0 Å². The van der Waals surface area contributed by atoms with Crippen LogP contribution in [0.2, 0.25) is 0 Å². The highest BCUT2D eigenvalue weighted by Crippen LogP contribution is 2.08. The van der Waals surface area contributed by atoms with E-state index in [1.54, 1.807) is 0 Å². The third-order valence-electron chi connectivity index (χ3n) is 3.11. The fraction of sp³-hybridized carbons (Fsp3) is 0.722. The van der Waals surface area contributed by atoms with E-state index in [1.807, 2.05) is 0 Å². The van der Waals surface area contributed by atoms with Crippen LogP contribution in [-0.4, -0.2) is 5.33 Å². The Morgan fingerprint density at radius 3 is 2.26 bits per heavy atom. The van der Waals surface area contributed by atoms with Crippen LogP contribution in [0.1, 0.15) is 77.6 Å². The molecule has 0 nitrogen and oxygen atoms in total. The van der Waals surface area contributed by atoms with Gasteiger partial charge in [-0.05, 0) is 50.7 Å². The number of hydrogen-bond acceptors (Lipinski definition) is 0. The molecule has 0 aliphatic carbocycles. The molecule has 0 radical (unpaired) electrons. The molecule has 0 aromatic rings. The summed E-state index contributed by atoms with van der Waals surface area (Å²) >= 11 is 3.47. The average molecular weight is 327 g/mol. The Kier molecular flexibility index (Phi) is 17.5. The molecular weight excluding hydrogens is 296 g/mol. The summed E-state index contributed by atoms with van der Waals surface area (Å²) in [6.45, 7) is 2.22. The normalized spacial score (nSPS) is 10.6. The van der Waals surface area contributed by atoms with Crippen molar-refractivity contribution in [3.05, 3.63) is 30.0 Å². The lowest BCUT2D eigenvalue weighted by Crippen LogP contribution is -1.80. The average Bonchev–Trinajstić information content (AvgIpc) is 2.43. The number of halogens is 1. The Morgan fingerprint density at radius 2 is 1.53 bits per heavy atom. The van der Waals surface area contributed by atoms with E-state index in [-0.39, 0.29) is 0 Å². The van der Waals surface area contributed by atoms with E-state index < -0.39 is 0 Å². The fourth-order valence-corrected chi connectivity index (χ4v) is 2.28. The van der Waals surface area contributed by atoms with Crippen molar-refractivity contribution in [3.63, 3.8) is 0 Å². The summed E-state index contributed by atoms with van der Waals surface area (Å²) < 4.78 is 0. The van der Waals surface area contributed by atoms with E-state index in [1.165, 1.54) is 64.2 Å². The van der Waals surface area contributed by atoms with Gasteiger partial charge in [-0.15, -0.1) is 5.73 Å². The first-order valence-electron chi connectivity index (χ1n) is 8.02. The second-order valence-electron chi connectivity index (χ2n) is 5.02. The van der Waals surface area contributed by atoms with Crippen molar-refractivity contribution >= 4 is 15.9 Å². The Hall–Kier alpha value is -0.260. The molecule has 0 N–H and O–H groups in total. The summed E-state index contributed by atoms with van der Waals surface area (Å²) in [6, 6.07) is 0. The Balaban J connectivity index is 3.23. The maximum Gasteiger partial charge on any atom is 0.00313 e. The van der Waals surface area contributed by atoms with E-state index in [0.29, 0.717) is 0 Å². The van der Waals surface area contributed by atoms with Gasteiger partial charge in [0.15, 0.2) is 0 Å². The fourth-order valence-electron chi connectivity index (χ4n) is 1.89. The largest absolute Gasteiger partial charge is 0.129 e. The number of alkyl halides is 1. The number of hydrogen-bond donors (Lipinski definition) is 0. The highest BCUT2D eigenvalue weighted by Gasteiger charge is 1.89. The van der Waals surface area contributed by atoms with Gasteiger partial charge in [0.2, 0.25) is 0 Å². The molecule has 0 saturated carbocycles. The van der Waals surface area contributed by atoms with Crippen LogP contribution in [0.25, 0.3) is 0 Å². The first kappa shape index (κ1) is 18.7. The standard InChI is InChI=1S/C18H31Br/c1-2-3-4-5-6-7-8-9-10-11-12-13-14-15-16-17-18-19/h5,7,9-10H,2-4,8,11-18H2,1H3/b10-9-. The first-order chi connectivity index (χ1) is 9.41. The quantitative estimate of drug-likeness (QED) is 0.148. The van der Waals surface area contributed by atoms with Crippen molar-refractivity contribution in [1.82, 2.24) is 0 Å². The third kappa shape index (κ3) is 17.7. The molecule has 0 aliphatic rings. The zero-order valence-corrected chi connectivity index (χ0v) is 14.3. The molecule has 110 valence electrons. The van der Waals surface area contributed by atoms with Gasteiger partial charge in [-0.3, -0.25) is 0 Å². The molecule has 0 atom stereocenters. The SMILES string of the molecule is CCCCC=C=CC/C=C\CCCCCCCCBr. The summed E-state index contributed by atoms with van der Waals surface area (Å²) in [7, 11) is 0. The summed E-state index contributed by atoms with van der Waals surface area (Å²) in [5.74, 6) is 0. The lowest BCUT2D eigenvalue weighted by atomic mass is 10.1. The molecule has 0 saturated heterocycles. The zero-order valence-electron chi connectivity index (χ0n) is 12.7. The van der Waals surface area contributed by atoms with Crippen LogP contribution in [0.15, 0.2) is 30.0 Å². The van der Waals surface area contributed by atoms with Crippen LogP contribution in [-0.2, 0) is 0 Å². The highest BCUT2D eigenvalue weighted by atomic mass is 79.9. The number of rotatable bonds is 13. The van der Waals surface area contributed by atoms with Crippen LogP contribution >= 0.6 is 15.9 Å². The van der Waals surface area contributed by atoms with Crippen molar-refractivity contribution < 1.29 is 0 Å². The second-order valence-corrected chi connectivity index (χ2v) is 5.82. The van der Waals surface area contributed by atoms with Crippen molar-refractivity contribution in [2.45, 2.75) is 77.6 Å². The lowest BCUT2D eigenvalue weighted by molar-refractivity contribution is 0.613. The summed E-state index contributed by atoms with van der Waals surface area (Å²) in [4.78, 5) is 0. The minimum atomic E-state index is 1.04. The van der Waals surface area contributed by atoms with Gasteiger partial charge in [0.1, 0.15) is 0 Å². The van der Waals surface area contributed by atoms with Crippen LogP contribution in [0.3, 0.4) is 0 Å². The van der Waals surface area contributed by atoms with Crippen molar-refractivity contribution in [2.24, 2.45) is 0 Å². The monoisotopic (exact) mass is 326 g/mol. The van der Waals surface area contributed by atoms with Gasteiger partial charge in [0, 0.05) is 5.33 Å². The van der Waals surface area contributed by atoms with Crippen LogP contribution in [0.4, 0.5) is 0 Å². The molecular formula is C18H31Br. The van der Waals surface area contributed by atoms with Crippen LogP contribution in [0.5, 0.6) is 0 Å². The van der Waals surface area contributed by atoms with E-state index >= 15 is 0 Å². The summed E-state index contributed by atoms with van der Waals surface area (Å²) in [6.07, 6.45) is 23.1. The highest BCUT2D eigenvalue weighted by molar-refractivity contribution is 9.09. The van der Waals surface area contributed by atoms with Gasteiger partial charge >= 0.3 is 0 Å². The molecule has 0 rings (SSSR count). The first-order valence-corrected chi connectivity index (χ1v) is 9.14. The molecule has 0 spiro atoms. The Labute approximate surface area is 129 Å². The Morgan fingerprint density at radius 1 is 0.789 bits per heavy atom. The second kappa shape index (κ2) is 17.7. The van der Waals surface area contributed by atoms with E-state index in [2.05, 4.69) is 52.9 Å². The van der Waals surface area contributed by atoms with Gasteiger partial charge in [-0.25, -0.2) is 0 Å². The number of unbranched alkanes of at least 4 members (excludes halogenated alkanes) is 8. The molecule has 0 aliphatic heterocycles. The molecule has 0 amide bonds. The van der Waals surface area contributed by atoms with Crippen LogP contribution < -0.4 is 0 Å². The van der Waals surface area contributed by atoms with Gasteiger partial charge < -0.3 is 0 Å². The minimum Gasteiger partial charge on any atom is -0.129 e. The molecule has 1 heteroatoms. The lowest BCUT2D eigenvalue weighted by Gasteiger charge is -1.98. The van der Waals surface area contributed by atoms with Crippen molar-refractivity contribution in [2.75, 3.05) is 5.33 Å². The number of allylic oxidation sites excluding steroid dienone is 3. The predicted octanol–water partition coefficient (Wildman–Crippen LogP) is 6.96. The van der Waals surface area contributed by atoms with Gasteiger partial charge in [0.05, 0.1) is 0 Å². The maximum absolute atomic E-state index is 3.47. The molecule has 0 bridgehead atoms. The van der Waals surface area contributed by atoms with Gasteiger partial charge in [0.25, 0.3) is 0 Å². The summed E-state index contributed by atoms with van der Waals surface area (Å²) in [5.41, 5.74) is 3.25. The molecule has 19 heavy (non-hydrogen) atoms. The van der Waals surface area contributed by atoms with Crippen molar-refractivity contribution in [1.29, 1.82) is 0 Å². The van der Waals surface area contributed by atoms with E-state index in [4.69, 9.17) is 0 Å². The molecule has 0 aromatic carbocycles. The van der Waals surface area contributed by atoms with Gasteiger partial charge in [-0.1, -0.05) is 67.1 Å². The zero-order chi connectivity index (χ0) is 14.0. The Bertz CT molecular complexity index is 246. The van der Waals surface area contributed by atoms with Crippen molar-refractivity contribution in [3.8, 4) is 0 Å². The van der Waals surface area contributed by atoms with E-state index in [0.717, 1.165) is 11.8 Å². The molecule has 0 fully saturated rings. The maximum atomic E-state index is 3.47. The minimum absolute atomic E-state index is 1.04. The topological polar surface area (TPSA) is 0 Å². The van der Waals surface area contributed by atoms with Gasteiger partial charge in [-0.2, -0.15) is 0 Å².